The number of rotatable bonds is 7. The molecule has 214 valence electrons. The third kappa shape index (κ3) is 4.32. The monoisotopic (exact) mass is 559 g/mol. The third-order valence-corrected chi connectivity index (χ3v) is 9.00. The highest BCUT2D eigenvalue weighted by Gasteiger charge is 2.72. The van der Waals surface area contributed by atoms with Crippen LogP contribution in [0.1, 0.15) is 37.7 Å². The van der Waals surface area contributed by atoms with Crippen LogP contribution in [0, 0.1) is 11.8 Å². The first-order chi connectivity index (χ1) is 20.0. The molecule has 2 aromatic rings. The topological polar surface area (TPSA) is 115 Å². The molecule has 7 rings (SSSR count). The molecule has 2 bridgehead atoms. The van der Waals surface area contributed by atoms with Gasteiger partial charge in [0.2, 0.25) is 24.5 Å². The van der Waals surface area contributed by atoms with Crippen molar-refractivity contribution in [1.82, 2.24) is 10.2 Å². The molecule has 4 heterocycles. The number of nitrogens with one attached hydrogen (secondary N) is 2. The van der Waals surface area contributed by atoms with Gasteiger partial charge in [-0.25, -0.2) is 0 Å². The number of carbonyl (C=O) groups is 3. The van der Waals surface area contributed by atoms with Gasteiger partial charge in [-0.3, -0.25) is 14.4 Å². The Hall–Kier alpha value is -4.05. The molecule has 5 atom stereocenters. The van der Waals surface area contributed by atoms with Crippen molar-refractivity contribution in [1.29, 1.82) is 0 Å². The van der Waals surface area contributed by atoms with Crippen LogP contribution in [-0.4, -0.2) is 60.3 Å². The van der Waals surface area contributed by atoms with Gasteiger partial charge in [0.15, 0.2) is 11.5 Å². The number of hydrogen-bond donors (Lipinski definition) is 2. The normalized spacial score (nSPS) is 29.5. The van der Waals surface area contributed by atoms with E-state index in [1.54, 1.807) is 42.3 Å². The van der Waals surface area contributed by atoms with Gasteiger partial charge < -0.3 is 34.5 Å². The highest BCUT2D eigenvalue weighted by atomic mass is 16.7. The molecule has 1 saturated carbocycles. The van der Waals surface area contributed by atoms with Crippen molar-refractivity contribution < 1.29 is 33.3 Å². The molecule has 0 aromatic heterocycles. The molecule has 2 saturated heterocycles. The largest absolute Gasteiger partial charge is 0.497 e. The van der Waals surface area contributed by atoms with E-state index < -0.39 is 29.6 Å². The molecule has 2 N–H and O–H groups in total. The fourth-order valence-electron chi connectivity index (χ4n) is 7.13. The maximum absolute atomic E-state index is 14.3. The Morgan fingerprint density at radius 1 is 1.05 bits per heavy atom. The first-order valence-electron chi connectivity index (χ1n) is 14.3. The molecule has 0 radical (unpaired) electrons. The highest BCUT2D eigenvalue weighted by Crippen LogP contribution is 2.55. The van der Waals surface area contributed by atoms with Crippen LogP contribution in [0.2, 0.25) is 0 Å². The summed E-state index contributed by atoms with van der Waals surface area (Å²) in [6, 6.07) is 11.7. The minimum Gasteiger partial charge on any atom is -0.497 e. The second kappa shape index (κ2) is 10.1. The molecule has 3 fully saturated rings. The lowest BCUT2D eigenvalue weighted by Crippen LogP contribution is -2.56. The Kier molecular flexibility index (Phi) is 6.37. The lowest BCUT2D eigenvalue weighted by molar-refractivity contribution is -0.142. The van der Waals surface area contributed by atoms with Crippen molar-refractivity contribution >= 4 is 23.4 Å². The fourth-order valence-corrected chi connectivity index (χ4v) is 7.13. The van der Waals surface area contributed by atoms with Crippen LogP contribution in [0.25, 0.3) is 0 Å². The molecule has 41 heavy (non-hydrogen) atoms. The summed E-state index contributed by atoms with van der Waals surface area (Å²) in [5, 5.41) is 6.16. The van der Waals surface area contributed by atoms with E-state index in [9.17, 15) is 14.4 Å². The predicted octanol–water partition coefficient (Wildman–Crippen LogP) is 3.16. The lowest BCUT2D eigenvalue weighted by Gasteiger charge is -2.34. The van der Waals surface area contributed by atoms with Crippen molar-refractivity contribution in [3.63, 3.8) is 0 Å². The summed E-state index contributed by atoms with van der Waals surface area (Å²) < 4.78 is 22.7. The van der Waals surface area contributed by atoms with Gasteiger partial charge in [0, 0.05) is 24.3 Å². The van der Waals surface area contributed by atoms with Crippen LogP contribution >= 0.6 is 0 Å². The fraction of sp³-hybridized carbons (Fsp3) is 0.452. The Morgan fingerprint density at radius 3 is 2.71 bits per heavy atom. The van der Waals surface area contributed by atoms with E-state index in [0.717, 1.165) is 37.7 Å². The molecular weight excluding hydrogens is 526 g/mol. The predicted molar refractivity (Wildman–Crippen MR) is 147 cm³/mol. The standard InChI is InChI=1S/C31H33N3O7/c1-38-21-9-5-8-20(15-21)33-28(35)25-23-12-13-31(41-23)26(25)30(37)34(16-18-10-11-22-24(14-18)40-17-39-22)27(31)29(36)32-19-6-3-2-4-7-19/h5,8-15,19,23,25-27H,2-4,6-7,16-17H2,1H3,(H,32,36)(H,33,35)/t23-,25+,26-,27+,31-/m0/s1. The Labute approximate surface area is 238 Å². The molecule has 5 aliphatic rings. The summed E-state index contributed by atoms with van der Waals surface area (Å²) in [6.45, 7) is 0.311. The zero-order valence-corrected chi connectivity index (χ0v) is 22.8. The number of benzene rings is 2. The summed E-state index contributed by atoms with van der Waals surface area (Å²) in [7, 11) is 1.56. The molecule has 2 aromatic carbocycles. The number of likely N-dealkylation sites (tertiary alicyclic amines) is 1. The Morgan fingerprint density at radius 2 is 1.88 bits per heavy atom. The molecule has 3 amide bonds. The van der Waals surface area contributed by atoms with Crippen LogP contribution in [0.15, 0.2) is 54.6 Å². The van der Waals surface area contributed by atoms with E-state index in [1.807, 2.05) is 24.3 Å². The minimum absolute atomic E-state index is 0.0592. The smallest absolute Gasteiger partial charge is 0.246 e. The van der Waals surface area contributed by atoms with E-state index in [-0.39, 0.29) is 37.1 Å². The first kappa shape index (κ1) is 25.9. The van der Waals surface area contributed by atoms with Crippen LogP contribution in [0.4, 0.5) is 5.69 Å². The first-order valence-corrected chi connectivity index (χ1v) is 14.3. The summed E-state index contributed by atoms with van der Waals surface area (Å²) in [6.07, 6.45) is 8.17. The molecular formula is C31H33N3O7. The molecule has 1 aliphatic carbocycles. The second-order valence-electron chi connectivity index (χ2n) is 11.4. The van der Waals surface area contributed by atoms with Crippen molar-refractivity contribution in [3.05, 3.63) is 60.2 Å². The Bertz CT molecular complexity index is 1420. The van der Waals surface area contributed by atoms with E-state index >= 15 is 0 Å². The zero-order valence-electron chi connectivity index (χ0n) is 22.8. The number of carbonyl (C=O) groups excluding carboxylic acids is 3. The SMILES string of the molecule is COc1cccc(NC(=O)[C@@H]2[C@@H]3C=C[C@]4(O3)[C@@H]2C(=O)N(Cc2ccc3c(c2)OCO3)[C@@H]4C(=O)NC2CCCCC2)c1. The highest BCUT2D eigenvalue weighted by molar-refractivity contribution is 6.02. The molecule has 0 unspecified atom stereocenters. The Balaban J connectivity index is 1.21. The summed E-state index contributed by atoms with van der Waals surface area (Å²) in [5.74, 6) is -0.619. The third-order valence-electron chi connectivity index (χ3n) is 9.00. The number of anilines is 1. The average Bonchev–Trinajstić information content (AvgIpc) is 3.74. The number of methoxy groups -OCH3 is 1. The van der Waals surface area contributed by atoms with Gasteiger partial charge in [0.25, 0.3) is 0 Å². The van der Waals surface area contributed by atoms with Gasteiger partial charge in [-0.1, -0.05) is 43.5 Å². The number of ether oxygens (including phenoxy) is 4. The molecule has 1 spiro atoms. The summed E-state index contributed by atoms with van der Waals surface area (Å²) in [4.78, 5) is 43.6. The van der Waals surface area contributed by atoms with Gasteiger partial charge in [0.1, 0.15) is 17.4 Å². The number of nitrogens with zero attached hydrogens (tertiary/aromatic N) is 1. The van der Waals surface area contributed by atoms with Crippen LogP contribution in [0.5, 0.6) is 17.2 Å². The number of amides is 3. The van der Waals surface area contributed by atoms with Gasteiger partial charge in [-0.05, 0) is 42.7 Å². The van der Waals surface area contributed by atoms with Crippen LogP contribution in [0.3, 0.4) is 0 Å². The molecule has 10 heteroatoms. The van der Waals surface area contributed by atoms with Gasteiger partial charge in [-0.2, -0.15) is 0 Å². The summed E-state index contributed by atoms with van der Waals surface area (Å²) >= 11 is 0. The quantitative estimate of drug-likeness (QED) is 0.501. The van der Waals surface area contributed by atoms with E-state index in [0.29, 0.717) is 22.9 Å². The number of fused-ring (bicyclic) bond motifs is 2. The second-order valence-corrected chi connectivity index (χ2v) is 11.4. The van der Waals surface area contributed by atoms with E-state index in [1.165, 1.54) is 0 Å². The van der Waals surface area contributed by atoms with Crippen LogP contribution < -0.4 is 24.8 Å². The van der Waals surface area contributed by atoms with E-state index in [4.69, 9.17) is 18.9 Å². The minimum atomic E-state index is -1.23. The lowest BCUT2D eigenvalue weighted by atomic mass is 9.74. The number of hydrogen-bond acceptors (Lipinski definition) is 7. The van der Waals surface area contributed by atoms with Gasteiger partial charge in [0.05, 0.1) is 25.0 Å². The maximum Gasteiger partial charge on any atom is 0.246 e. The van der Waals surface area contributed by atoms with Crippen molar-refractivity contribution in [2.45, 2.75) is 62.4 Å². The van der Waals surface area contributed by atoms with Crippen molar-refractivity contribution in [3.8, 4) is 17.2 Å². The summed E-state index contributed by atoms with van der Waals surface area (Å²) in [5.41, 5.74) is 0.127. The van der Waals surface area contributed by atoms with Crippen molar-refractivity contribution in [2.24, 2.45) is 11.8 Å². The molecule has 10 nitrogen and oxygen atoms in total. The van der Waals surface area contributed by atoms with Crippen LogP contribution in [-0.2, 0) is 25.7 Å². The zero-order chi connectivity index (χ0) is 28.1. The van der Waals surface area contributed by atoms with Gasteiger partial charge >= 0.3 is 0 Å². The maximum atomic E-state index is 14.3. The van der Waals surface area contributed by atoms with Gasteiger partial charge in [-0.15, -0.1) is 0 Å². The van der Waals surface area contributed by atoms with E-state index in [2.05, 4.69) is 10.6 Å². The van der Waals surface area contributed by atoms with Crippen molar-refractivity contribution in [2.75, 3.05) is 19.2 Å². The average molecular weight is 560 g/mol. The molecule has 4 aliphatic heterocycles.